The molecule has 0 aromatic carbocycles. The van der Waals surface area contributed by atoms with Crippen LogP contribution in [0.1, 0.15) is 12.6 Å². The first-order valence-corrected chi connectivity index (χ1v) is 4.90. The molecule has 0 bridgehead atoms. The van der Waals surface area contributed by atoms with E-state index >= 15 is 0 Å². The highest BCUT2D eigenvalue weighted by Crippen LogP contribution is 2.08. The molecule has 0 unspecified atom stereocenters. The highest BCUT2D eigenvalue weighted by Gasteiger charge is 2.08. The molecule has 4 nitrogen and oxygen atoms in total. The van der Waals surface area contributed by atoms with E-state index in [4.69, 9.17) is 4.55 Å². The molecule has 0 amide bonds. The van der Waals surface area contributed by atoms with E-state index in [2.05, 4.69) is 4.98 Å². The van der Waals surface area contributed by atoms with Gasteiger partial charge in [0.05, 0.1) is 4.90 Å². The van der Waals surface area contributed by atoms with Gasteiger partial charge in [0, 0.05) is 11.9 Å². The molecule has 5 heteroatoms. The Bertz CT molecular complexity index is 372. The van der Waals surface area contributed by atoms with Crippen molar-refractivity contribution in [3.63, 3.8) is 0 Å². The number of pyridine rings is 1. The van der Waals surface area contributed by atoms with Crippen molar-refractivity contribution in [2.45, 2.75) is 18.2 Å². The second-order valence-corrected chi connectivity index (χ2v) is 3.73. The molecule has 66 valence electrons. The Kier molecular flexibility index (Phi) is 2.44. The zero-order valence-electron chi connectivity index (χ0n) is 6.56. The molecule has 1 heterocycles. The number of nitrogens with zero attached hydrogens (tertiary/aromatic N) is 1. The maximum absolute atomic E-state index is 10.6. The second kappa shape index (κ2) is 3.20. The van der Waals surface area contributed by atoms with Crippen LogP contribution < -0.4 is 0 Å². The van der Waals surface area contributed by atoms with Crippen LogP contribution in [0.2, 0.25) is 0 Å². The fraction of sp³-hybridized carbons (Fsp3) is 0.286. The Morgan fingerprint density at radius 3 is 2.75 bits per heavy atom. The summed E-state index contributed by atoms with van der Waals surface area (Å²) in [6.07, 6.45) is 2.01. The Labute approximate surface area is 71.0 Å². The minimum absolute atomic E-state index is 0.102. The van der Waals surface area contributed by atoms with Crippen LogP contribution in [0.3, 0.4) is 0 Å². The van der Waals surface area contributed by atoms with E-state index in [1.807, 2.05) is 6.92 Å². The van der Waals surface area contributed by atoms with Crippen LogP contribution in [-0.4, -0.2) is 18.0 Å². The lowest BCUT2D eigenvalue weighted by molar-refractivity contribution is 0.483. The minimum Gasteiger partial charge on any atom is -0.282 e. The van der Waals surface area contributed by atoms with Gasteiger partial charge in [-0.05, 0) is 18.6 Å². The molecule has 1 N–H and O–H groups in total. The smallest absolute Gasteiger partial charge is 0.282 e. The van der Waals surface area contributed by atoms with Crippen LogP contribution in [0, 0.1) is 0 Å². The summed E-state index contributed by atoms with van der Waals surface area (Å²) in [6.45, 7) is 1.86. The molecule has 0 radical (unpaired) electrons. The Morgan fingerprint density at radius 2 is 2.25 bits per heavy atom. The highest BCUT2D eigenvalue weighted by molar-refractivity contribution is 7.85. The fourth-order valence-electron chi connectivity index (χ4n) is 0.810. The van der Waals surface area contributed by atoms with Crippen molar-refractivity contribution in [1.82, 2.24) is 4.98 Å². The number of aryl methyl sites for hydroxylation is 1. The summed E-state index contributed by atoms with van der Waals surface area (Å²) in [7, 11) is -4.08. The molecule has 0 spiro atoms. The van der Waals surface area contributed by atoms with Gasteiger partial charge in [0.25, 0.3) is 10.1 Å². The van der Waals surface area contributed by atoms with E-state index < -0.39 is 10.1 Å². The Balaban J connectivity index is 3.20. The van der Waals surface area contributed by atoms with Crippen molar-refractivity contribution < 1.29 is 13.0 Å². The molecule has 0 fully saturated rings. The maximum atomic E-state index is 10.6. The van der Waals surface area contributed by atoms with Crippen LogP contribution in [0.15, 0.2) is 23.2 Å². The molecule has 1 aromatic rings. The van der Waals surface area contributed by atoms with Gasteiger partial charge in [0.1, 0.15) is 0 Å². The lowest BCUT2D eigenvalue weighted by atomic mass is 10.3. The summed E-state index contributed by atoms with van der Waals surface area (Å²) >= 11 is 0. The lowest BCUT2D eigenvalue weighted by Gasteiger charge is -1.98. The van der Waals surface area contributed by atoms with Gasteiger partial charge >= 0.3 is 0 Å². The van der Waals surface area contributed by atoms with E-state index in [0.29, 0.717) is 12.1 Å². The van der Waals surface area contributed by atoms with Gasteiger partial charge in [-0.25, -0.2) is 0 Å². The SMILES string of the molecule is CCc1cc(S(=O)(=O)O)ccn1. The van der Waals surface area contributed by atoms with E-state index in [9.17, 15) is 8.42 Å². The summed E-state index contributed by atoms with van der Waals surface area (Å²) < 4.78 is 29.9. The zero-order chi connectivity index (χ0) is 9.19. The molecular formula is C7H9NO3S. The van der Waals surface area contributed by atoms with Gasteiger partial charge in [-0.3, -0.25) is 9.54 Å². The largest absolute Gasteiger partial charge is 0.294 e. The third-order valence-electron chi connectivity index (χ3n) is 1.45. The van der Waals surface area contributed by atoms with Crippen LogP contribution in [0.4, 0.5) is 0 Å². The maximum Gasteiger partial charge on any atom is 0.294 e. The van der Waals surface area contributed by atoms with Gasteiger partial charge in [-0.15, -0.1) is 0 Å². The van der Waals surface area contributed by atoms with Crippen molar-refractivity contribution in [3.05, 3.63) is 24.0 Å². The van der Waals surface area contributed by atoms with Gasteiger partial charge < -0.3 is 0 Å². The standard InChI is InChI=1S/C7H9NO3S/c1-2-6-5-7(3-4-8-6)12(9,10)11/h3-5H,2H2,1H3,(H,9,10,11). The Hall–Kier alpha value is -0.940. The first-order valence-electron chi connectivity index (χ1n) is 3.46. The van der Waals surface area contributed by atoms with Crippen molar-refractivity contribution in [2.24, 2.45) is 0 Å². The van der Waals surface area contributed by atoms with E-state index in [0.717, 1.165) is 0 Å². The van der Waals surface area contributed by atoms with Crippen molar-refractivity contribution >= 4 is 10.1 Å². The van der Waals surface area contributed by atoms with E-state index in [1.54, 1.807) is 0 Å². The topological polar surface area (TPSA) is 67.3 Å². The molecule has 0 aliphatic rings. The van der Waals surface area contributed by atoms with Crippen LogP contribution in [0.25, 0.3) is 0 Å². The van der Waals surface area contributed by atoms with E-state index in [-0.39, 0.29) is 4.90 Å². The van der Waals surface area contributed by atoms with Crippen LogP contribution in [-0.2, 0) is 16.5 Å². The molecule has 0 aliphatic carbocycles. The summed E-state index contributed by atoms with van der Waals surface area (Å²) in [5.41, 5.74) is 0.644. The van der Waals surface area contributed by atoms with Gasteiger partial charge in [-0.1, -0.05) is 6.92 Å². The van der Waals surface area contributed by atoms with E-state index in [1.165, 1.54) is 18.3 Å². The first kappa shape index (κ1) is 9.15. The molecule has 12 heavy (non-hydrogen) atoms. The van der Waals surface area contributed by atoms with Crippen molar-refractivity contribution in [1.29, 1.82) is 0 Å². The molecule has 0 atom stereocenters. The molecule has 0 saturated carbocycles. The second-order valence-electron chi connectivity index (χ2n) is 2.31. The summed E-state index contributed by atoms with van der Waals surface area (Å²) in [5, 5.41) is 0. The van der Waals surface area contributed by atoms with Crippen LogP contribution >= 0.6 is 0 Å². The average molecular weight is 187 g/mol. The number of rotatable bonds is 2. The third kappa shape index (κ3) is 2.02. The lowest BCUT2D eigenvalue weighted by Crippen LogP contribution is -1.99. The predicted molar refractivity (Wildman–Crippen MR) is 43.4 cm³/mol. The first-order chi connectivity index (χ1) is 5.54. The molecule has 0 aliphatic heterocycles. The average Bonchev–Trinajstić information content (AvgIpc) is 2.03. The Morgan fingerprint density at radius 1 is 1.58 bits per heavy atom. The quantitative estimate of drug-likeness (QED) is 0.698. The number of aromatic nitrogens is 1. The molecule has 1 aromatic heterocycles. The number of hydrogen-bond donors (Lipinski definition) is 1. The zero-order valence-corrected chi connectivity index (χ0v) is 7.37. The summed E-state index contributed by atoms with van der Waals surface area (Å²) in [5.74, 6) is 0. The molecular weight excluding hydrogens is 178 g/mol. The van der Waals surface area contributed by atoms with Gasteiger partial charge in [-0.2, -0.15) is 8.42 Å². The van der Waals surface area contributed by atoms with Gasteiger partial charge in [0.2, 0.25) is 0 Å². The monoisotopic (exact) mass is 187 g/mol. The summed E-state index contributed by atoms with van der Waals surface area (Å²) in [6, 6.07) is 2.61. The third-order valence-corrected chi connectivity index (χ3v) is 2.30. The predicted octanol–water partition coefficient (Wildman–Crippen LogP) is 0.891. The molecule has 0 saturated heterocycles. The number of hydrogen-bond acceptors (Lipinski definition) is 3. The fourth-order valence-corrected chi connectivity index (χ4v) is 1.33. The highest BCUT2D eigenvalue weighted by atomic mass is 32.2. The minimum atomic E-state index is -4.08. The van der Waals surface area contributed by atoms with Crippen molar-refractivity contribution in [2.75, 3.05) is 0 Å². The van der Waals surface area contributed by atoms with Crippen molar-refractivity contribution in [3.8, 4) is 0 Å². The van der Waals surface area contributed by atoms with Gasteiger partial charge in [0.15, 0.2) is 0 Å². The summed E-state index contributed by atoms with van der Waals surface area (Å²) in [4.78, 5) is 3.79. The van der Waals surface area contributed by atoms with Crippen LogP contribution in [0.5, 0.6) is 0 Å². The normalized spacial score (nSPS) is 11.5. The molecule has 1 rings (SSSR count).